The van der Waals surface area contributed by atoms with Gasteiger partial charge in [-0.05, 0) is 23.6 Å². The molecule has 0 radical (unpaired) electrons. The van der Waals surface area contributed by atoms with E-state index in [9.17, 15) is 0 Å². The topological polar surface area (TPSA) is 54.9 Å². The predicted molar refractivity (Wildman–Crippen MR) is 82.6 cm³/mol. The van der Waals surface area contributed by atoms with Crippen molar-refractivity contribution >= 4 is 5.96 Å². The Balaban J connectivity index is 2.60. The fraction of sp³-hybridized carbons (Fsp3) is 0.533. The largest absolute Gasteiger partial charge is 0.493 e. The summed E-state index contributed by atoms with van der Waals surface area (Å²) >= 11 is 0. The number of ether oxygens (including phenoxy) is 2. The Kier molecular flexibility index (Phi) is 6.70. The zero-order valence-electron chi connectivity index (χ0n) is 13.0. The van der Waals surface area contributed by atoms with Crippen molar-refractivity contribution in [2.75, 3.05) is 27.8 Å². The lowest BCUT2D eigenvalue weighted by atomic mass is 10.2. The van der Waals surface area contributed by atoms with Gasteiger partial charge in [0.05, 0.1) is 14.2 Å². The van der Waals surface area contributed by atoms with E-state index in [1.165, 1.54) is 0 Å². The summed E-state index contributed by atoms with van der Waals surface area (Å²) < 4.78 is 10.5. The third-order valence-electron chi connectivity index (χ3n) is 2.81. The van der Waals surface area contributed by atoms with Gasteiger partial charge in [-0.2, -0.15) is 0 Å². The van der Waals surface area contributed by atoms with Crippen molar-refractivity contribution in [1.82, 2.24) is 10.6 Å². The average molecular weight is 279 g/mol. The molecule has 0 saturated carbocycles. The number of benzene rings is 1. The smallest absolute Gasteiger partial charge is 0.191 e. The molecule has 1 rings (SSSR count). The van der Waals surface area contributed by atoms with E-state index in [0.29, 0.717) is 12.5 Å². The molecule has 5 nitrogen and oxygen atoms in total. The van der Waals surface area contributed by atoms with Crippen molar-refractivity contribution in [2.24, 2.45) is 10.9 Å². The maximum absolute atomic E-state index is 5.29. The SMILES string of the molecule is CN=C(NCc1ccc(OC)c(OC)c1)NCC(C)C. The molecule has 0 aliphatic rings. The van der Waals surface area contributed by atoms with Gasteiger partial charge in [0.2, 0.25) is 0 Å². The lowest BCUT2D eigenvalue weighted by molar-refractivity contribution is 0.354. The first-order valence-corrected chi connectivity index (χ1v) is 6.76. The fourth-order valence-electron chi connectivity index (χ4n) is 1.70. The number of hydrogen-bond acceptors (Lipinski definition) is 3. The van der Waals surface area contributed by atoms with Crippen LogP contribution in [0.1, 0.15) is 19.4 Å². The molecule has 0 unspecified atom stereocenters. The molecule has 20 heavy (non-hydrogen) atoms. The lowest BCUT2D eigenvalue weighted by Crippen LogP contribution is -2.38. The summed E-state index contributed by atoms with van der Waals surface area (Å²) in [6.45, 7) is 5.90. The van der Waals surface area contributed by atoms with E-state index in [0.717, 1.165) is 29.6 Å². The molecule has 2 N–H and O–H groups in total. The summed E-state index contributed by atoms with van der Waals surface area (Å²) in [6, 6.07) is 5.87. The maximum Gasteiger partial charge on any atom is 0.191 e. The van der Waals surface area contributed by atoms with Crippen LogP contribution in [-0.4, -0.2) is 33.8 Å². The second kappa shape index (κ2) is 8.30. The number of rotatable bonds is 6. The molecule has 0 bridgehead atoms. The highest BCUT2D eigenvalue weighted by Gasteiger charge is 2.05. The molecular weight excluding hydrogens is 254 g/mol. The lowest BCUT2D eigenvalue weighted by Gasteiger charge is -2.14. The Morgan fingerprint density at radius 1 is 1.15 bits per heavy atom. The Labute approximate surface area is 121 Å². The molecule has 1 aromatic carbocycles. The first kappa shape index (κ1) is 16.1. The number of nitrogens with one attached hydrogen (secondary N) is 2. The van der Waals surface area contributed by atoms with E-state index in [1.807, 2.05) is 18.2 Å². The Morgan fingerprint density at radius 3 is 2.40 bits per heavy atom. The zero-order chi connectivity index (χ0) is 15.0. The number of guanidine groups is 1. The summed E-state index contributed by atoms with van der Waals surface area (Å²) in [6.07, 6.45) is 0. The summed E-state index contributed by atoms with van der Waals surface area (Å²) in [7, 11) is 5.04. The monoisotopic (exact) mass is 279 g/mol. The Morgan fingerprint density at radius 2 is 1.85 bits per heavy atom. The summed E-state index contributed by atoms with van der Waals surface area (Å²) in [5.74, 6) is 2.85. The first-order valence-electron chi connectivity index (χ1n) is 6.76. The summed E-state index contributed by atoms with van der Waals surface area (Å²) in [5, 5.41) is 6.55. The van der Waals surface area contributed by atoms with Gasteiger partial charge in [0.15, 0.2) is 17.5 Å². The van der Waals surface area contributed by atoms with Crippen molar-refractivity contribution in [3.05, 3.63) is 23.8 Å². The quantitative estimate of drug-likeness (QED) is 0.618. The van der Waals surface area contributed by atoms with Crippen molar-refractivity contribution in [1.29, 1.82) is 0 Å². The van der Waals surface area contributed by atoms with Gasteiger partial charge in [0.1, 0.15) is 0 Å². The molecule has 0 atom stereocenters. The summed E-state index contributed by atoms with van der Waals surface area (Å²) in [5.41, 5.74) is 1.11. The number of hydrogen-bond donors (Lipinski definition) is 2. The molecule has 0 fully saturated rings. The first-order chi connectivity index (χ1) is 9.60. The van der Waals surface area contributed by atoms with E-state index in [4.69, 9.17) is 9.47 Å². The van der Waals surface area contributed by atoms with Crippen LogP contribution in [0.15, 0.2) is 23.2 Å². The minimum absolute atomic E-state index is 0.578. The van der Waals surface area contributed by atoms with Gasteiger partial charge < -0.3 is 20.1 Å². The van der Waals surface area contributed by atoms with Gasteiger partial charge >= 0.3 is 0 Å². The van der Waals surface area contributed by atoms with Crippen molar-refractivity contribution in [3.8, 4) is 11.5 Å². The molecule has 0 spiro atoms. The molecule has 5 heteroatoms. The van der Waals surface area contributed by atoms with E-state index in [1.54, 1.807) is 21.3 Å². The molecular formula is C15H25N3O2. The van der Waals surface area contributed by atoms with Crippen LogP contribution in [0.5, 0.6) is 11.5 Å². The standard InChI is InChI=1S/C15H25N3O2/c1-11(2)9-17-15(16-3)18-10-12-6-7-13(19-4)14(8-12)20-5/h6-8,11H,9-10H2,1-5H3,(H2,16,17,18). The van der Waals surface area contributed by atoms with Gasteiger partial charge in [0, 0.05) is 20.1 Å². The van der Waals surface area contributed by atoms with Gasteiger partial charge in [-0.25, -0.2) is 0 Å². The highest BCUT2D eigenvalue weighted by molar-refractivity contribution is 5.79. The van der Waals surface area contributed by atoms with Crippen LogP contribution in [-0.2, 0) is 6.54 Å². The van der Waals surface area contributed by atoms with Crippen LogP contribution in [0.4, 0.5) is 0 Å². The third kappa shape index (κ3) is 4.99. The van der Waals surface area contributed by atoms with Crippen LogP contribution in [0.2, 0.25) is 0 Å². The second-order valence-electron chi connectivity index (χ2n) is 4.89. The van der Waals surface area contributed by atoms with Gasteiger partial charge in [0.25, 0.3) is 0 Å². The van der Waals surface area contributed by atoms with Crippen LogP contribution in [0.3, 0.4) is 0 Å². The highest BCUT2D eigenvalue weighted by Crippen LogP contribution is 2.27. The normalized spacial score (nSPS) is 11.4. The van der Waals surface area contributed by atoms with Crippen molar-refractivity contribution in [3.63, 3.8) is 0 Å². The predicted octanol–water partition coefficient (Wildman–Crippen LogP) is 2.02. The second-order valence-corrected chi connectivity index (χ2v) is 4.89. The molecule has 0 aromatic heterocycles. The fourth-order valence-corrected chi connectivity index (χ4v) is 1.70. The number of nitrogens with zero attached hydrogens (tertiary/aromatic N) is 1. The highest BCUT2D eigenvalue weighted by atomic mass is 16.5. The molecule has 0 aliphatic heterocycles. The molecule has 0 amide bonds. The third-order valence-corrected chi connectivity index (χ3v) is 2.81. The van der Waals surface area contributed by atoms with E-state index < -0.39 is 0 Å². The maximum atomic E-state index is 5.29. The van der Waals surface area contributed by atoms with E-state index >= 15 is 0 Å². The zero-order valence-corrected chi connectivity index (χ0v) is 13.0. The summed E-state index contributed by atoms with van der Waals surface area (Å²) in [4.78, 5) is 4.19. The molecule has 0 aliphatic carbocycles. The van der Waals surface area contributed by atoms with E-state index in [2.05, 4.69) is 29.5 Å². The number of aliphatic imine (C=N–C) groups is 1. The number of methoxy groups -OCH3 is 2. The molecule has 0 heterocycles. The van der Waals surface area contributed by atoms with Gasteiger partial charge in [-0.3, -0.25) is 4.99 Å². The van der Waals surface area contributed by atoms with E-state index in [-0.39, 0.29) is 0 Å². The molecule has 112 valence electrons. The van der Waals surface area contributed by atoms with Gasteiger partial charge in [-0.1, -0.05) is 19.9 Å². The van der Waals surface area contributed by atoms with Crippen molar-refractivity contribution in [2.45, 2.75) is 20.4 Å². The van der Waals surface area contributed by atoms with Crippen molar-refractivity contribution < 1.29 is 9.47 Å². The average Bonchev–Trinajstić information content (AvgIpc) is 2.46. The van der Waals surface area contributed by atoms with Crippen LogP contribution in [0, 0.1) is 5.92 Å². The van der Waals surface area contributed by atoms with Crippen LogP contribution in [0.25, 0.3) is 0 Å². The minimum Gasteiger partial charge on any atom is -0.493 e. The van der Waals surface area contributed by atoms with Crippen LogP contribution >= 0.6 is 0 Å². The molecule has 1 aromatic rings. The minimum atomic E-state index is 0.578. The van der Waals surface area contributed by atoms with Gasteiger partial charge in [-0.15, -0.1) is 0 Å². The molecule has 0 saturated heterocycles. The Hall–Kier alpha value is -1.91. The Bertz CT molecular complexity index is 445. The van der Waals surface area contributed by atoms with Crippen LogP contribution < -0.4 is 20.1 Å².